The van der Waals surface area contributed by atoms with E-state index in [-0.39, 0.29) is 5.04 Å². The summed E-state index contributed by atoms with van der Waals surface area (Å²) < 4.78 is 6.80. The Bertz CT molecular complexity index is 717. The third-order valence-corrected chi connectivity index (χ3v) is 9.96. The monoisotopic (exact) mass is 377 g/mol. The quantitative estimate of drug-likeness (QED) is 0.476. The maximum Gasteiger partial charge on any atom is 0.261 e. The van der Waals surface area contributed by atoms with Crippen LogP contribution in [0.25, 0.3) is 0 Å². The van der Waals surface area contributed by atoms with Crippen molar-refractivity contribution in [1.29, 1.82) is 5.26 Å². The highest BCUT2D eigenvalue weighted by Crippen LogP contribution is 2.36. The van der Waals surface area contributed by atoms with Crippen molar-refractivity contribution in [2.75, 3.05) is 6.61 Å². The van der Waals surface area contributed by atoms with Gasteiger partial charge in [0.05, 0.1) is 12.7 Å². The Kier molecular flexibility index (Phi) is 7.59. The molecule has 142 valence electrons. The molecule has 0 radical (unpaired) electrons. The zero-order valence-corrected chi connectivity index (χ0v) is 18.0. The minimum atomic E-state index is -2.45. The van der Waals surface area contributed by atoms with Crippen molar-refractivity contribution >= 4 is 18.7 Å². The molecule has 2 nitrogen and oxygen atoms in total. The van der Waals surface area contributed by atoms with Gasteiger partial charge in [-0.2, -0.15) is 5.26 Å². The molecule has 0 saturated carbocycles. The average molecular weight is 378 g/mol. The van der Waals surface area contributed by atoms with Crippen molar-refractivity contribution in [3.05, 3.63) is 72.8 Å². The van der Waals surface area contributed by atoms with E-state index in [4.69, 9.17) is 9.69 Å². The van der Waals surface area contributed by atoms with Crippen LogP contribution in [-0.4, -0.2) is 14.9 Å². The first kappa shape index (κ1) is 21.2. The topological polar surface area (TPSA) is 33.0 Å². The second kappa shape index (κ2) is 9.69. The molecule has 0 amide bonds. The SMILES string of the molecule is C[C@H](CC#N)C/C=C/CO[Si](c1ccccc1)(c1ccccc1)C(C)(C)C. The molecule has 0 N–H and O–H groups in total. The molecular weight excluding hydrogens is 346 g/mol. The Morgan fingerprint density at radius 3 is 1.93 bits per heavy atom. The Balaban J connectivity index is 2.33. The largest absolute Gasteiger partial charge is 0.404 e. The predicted octanol–water partition coefficient (Wildman–Crippen LogP) is 5.06. The van der Waals surface area contributed by atoms with Gasteiger partial charge in [-0.3, -0.25) is 0 Å². The summed E-state index contributed by atoms with van der Waals surface area (Å²) >= 11 is 0. The van der Waals surface area contributed by atoms with Crippen molar-refractivity contribution < 1.29 is 4.43 Å². The number of hydrogen-bond donors (Lipinski definition) is 0. The van der Waals surface area contributed by atoms with Gasteiger partial charge in [-0.25, -0.2) is 0 Å². The molecule has 2 aromatic rings. The van der Waals surface area contributed by atoms with Crippen LogP contribution in [0.1, 0.15) is 40.5 Å². The van der Waals surface area contributed by atoms with Gasteiger partial charge in [0.1, 0.15) is 0 Å². The molecule has 27 heavy (non-hydrogen) atoms. The molecule has 1 atom stereocenters. The lowest BCUT2D eigenvalue weighted by Crippen LogP contribution is -2.66. The zero-order chi connectivity index (χ0) is 19.8. The van der Waals surface area contributed by atoms with E-state index < -0.39 is 8.32 Å². The molecule has 0 unspecified atom stereocenters. The van der Waals surface area contributed by atoms with Crippen molar-refractivity contribution in [3.63, 3.8) is 0 Å². The van der Waals surface area contributed by atoms with Crippen LogP contribution in [0.2, 0.25) is 5.04 Å². The van der Waals surface area contributed by atoms with Crippen molar-refractivity contribution in [2.45, 2.75) is 45.6 Å². The van der Waals surface area contributed by atoms with Gasteiger partial charge in [0.25, 0.3) is 8.32 Å². The normalized spacial score (nSPS) is 13.4. The van der Waals surface area contributed by atoms with Crippen molar-refractivity contribution in [1.82, 2.24) is 0 Å². The average Bonchev–Trinajstić information content (AvgIpc) is 2.65. The van der Waals surface area contributed by atoms with E-state index in [0.29, 0.717) is 18.9 Å². The van der Waals surface area contributed by atoms with E-state index in [0.717, 1.165) is 6.42 Å². The maximum atomic E-state index is 8.79. The Morgan fingerprint density at radius 2 is 1.48 bits per heavy atom. The molecule has 2 rings (SSSR count). The van der Waals surface area contributed by atoms with Crippen LogP contribution in [0.3, 0.4) is 0 Å². The van der Waals surface area contributed by atoms with Crippen molar-refractivity contribution in [2.24, 2.45) is 5.92 Å². The summed E-state index contributed by atoms with van der Waals surface area (Å²) in [5.41, 5.74) is 0. The van der Waals surface area contributed by atoms with Gasteiger partial charge in [0, 0.05) is 6.42 Å². The summed E-state index contributed by atoms with van der Waals surface area (Å²) in [4.78, 5) is 0. The van der Waals surface area contributed by atoms with E-state index in [1.54, 1.807) is 0 Å². The number of allylic oxidation sites excluding steroid dienone is 1. The lowest BCUT2D eigenvalue weighted by Gasteiger charge is -2.42. The fourth-order valence-electron chi connectivity index (χ4n) is 3.57. The first-order valence-corrected chi connectivity index (χ1v) is 11.6. The standard InChI is InChI=1S/C24H31NOSi/c1-21(18-19-25)13-11-12-20-26-27(24(2,3)4,22-14-7-5-8-15-22)23-16-9-6-10-17-23/h5-12,14-17,21H,13,18,20H2,1-4H3/b12-11+/t21-/m0/s1. The lowest BCUT2D eigenvalue weighted by atomic mass is 10.1. The van der Waals surface area contributed by atoms with Crippen molar-refractivity contribution in [3.8, 4) is 6.07 Å². The molecule has 2 aromatic carbocycles. The fraction of sp³-hybridized carbons (Fsp3) is 0.375. The second-order valence-corrected chi connectivity index (χ2v) is 12.5. The summed E-state index contributed by atoms with van der Waals surface area (Å²) in [7, 11) is -2.45. The van der Waals surface area contributed by atoms with Gasteiger partial charge >= 0.3 is 0 Å². The van der Waals surface area contributed by atoms with Crippen LogP contribution >= 0.6 is 0 Å². The highest BCUT2D eigenvalue weighted by molar-refractivity contribution is 6.99. The van der Waals surface area contributed by atoms with E-state index in [9.17, 15) is 0 Å². The molecule has 0 aliphatic heterocycles. The minimum Gasteiger partial charge on any atom is -0.404 e. The summed E-state index contributed by atoms with van der Waals surface area (Å²) in [5.74, 6) is 0.388. The van der Waals surface area contributed by atoms with E-state index in [1.807, 2.05) is 0 Å². The Morgan fingerprint density at radius 1 is 0.963 bits per heavy atom. The van der Waals surface area contributed by atoms with Crippen LogP contribution in [0.5, 0.6) is 0 Å². The zero-order valence-electron chi connectivity index (χ0n) is 17.0. The summed E-state index contributed by atoms with van der Waals surface area (Å²) in [6, 6.07) is 23.6. The van der Waals surface area contributed by atoms with E-state index in [1.165, 1.54) is 10.4 Å². The number of benzene rings is 2. The molecule has 0 aliphatic carbocycles. The third kappa shape index (κ3) is 5.19. The van der Waals surface area contributed by atoms with Gasteiger partial charge in [0.15, 0.2) is 0 Å². The molecule has 0 fully saturated rings. The van der Waals surface area contributed by atoms with E-state index in [2.05, 4.69) is 107 Å². The molecule has 3 heteroatoms. The Hall–Kier alpha value is -2.15. The molecule has 0 aliphatic rings. The number of nitriles is 1. The number of hydrogen-bond acceptors (Lipinski definition) is 2. The van der Waals surface area contributed by atoms with Crippen LogP contribution in [0.15, 0.2) is 72.8 Å². The van der Waals surface area contributed by atoms with Gasteiger partial charge in [0.2, 0.25) is 0 Å². The fourth-order valence-corrected chi connectivity index (χ4v) is 8.07. The Labute approximate surface area is 165 Å². The third-order valence-electron chi connectivity index (χ3n) is 4.96. The minimum absolute atomic E-state index is 0.00233. The lowest BCUT2D eigenvalue weighted by molar-refractivity contribution is 0.339. The van der Waals surface area contributed by atoms with Crippen LogP contribution in [0.4, 0.5) is 0 Å². The summed E-state index contributed by atoms with van der Waals surface area (Å²) in [6.07, 6.45) is 5.78. The highest BCUT2D eigenvalue weighted by Gasteiger charge is 2.49. The first-order chi connectivity index (χ1) is 12.9. The van der Waals surface area contributed by atoms with Crippen LogP contribution in [-0.2, 0) is 4.43 Å². The molecular formula is C24H31NOSi. The molecule has 0 heterocycles. The van der Waals surface area contributed by atoms with E-state index >= 15 is 0 Å². The molecule has 0 aromatic heterocycles. The predicted molar refractivity (Wildman–Crippen MR) is 117 cm³/mol. The maximum absolute atomic E-state index is 8.79. The molecule has 0 saturated heterocycles. The molecule has 0 spiro atoms. The van der Waals surface area contributed by atoms with Crippen LogP contribution in [0, 0.1) is 17.2 Å². The smallest absolute Gasteiger partial charge is 0.261 e. The van der Waals surface area contributed by atoms with Gasteiger partial charge < -0.3 is 4.43 Å². The second-order valence-electron chi connectivity index (χ2n) is 8.15. The van der Waals surface area contributed by atoms with Crippen LogP contribution < -0.4 is 10.4 Å². The number of rotatable bonds is 8. The van der Waals surface area contributed by atoms with Gasteiger partial charge in [-0.15, -0.1) is 0 Å². The van der Waals surface area contributed by atoms with Gasteiger partial charge in [-0.05, 0) is 27.8 Å². The number of nitrogens with zero attached hydrogens (tertiary/aromatic N) is 1. The summed E-state index contributed by atoms with van der Waals surface area (Å²) in [5, 5.41) is 11.4. The highest BCUT2D eigenvalue weighted by atomic mass is 28.4. The first-order valence-electron chi connectivity index (χ1n) is 9.69. The molecule has 0 bridgehead atoms. The summed E-state index contributed by atoms with van der Waals surface area (Å²) in [6.45, 7) is 9.57. The van der Waals surface area contributed by atoms with Gasteiger partial charge in [-0.1, -0.05) is 101 Å².